The lowest BCUT2D eigenvalue weighted by Gasteiger charge is -2.32. The Kier molecular flexibility index (Phi) is 4.71. The molecule has 0 unspecified atom stereocenters. The normalized spacial score (nSPS) is 12.0. The quantitative estimate of drug-likeness (QED) is 0.517. The van der Waals surface area contributed by atoms with Crippen molar-refractivity contribution in [2.45, 2.75) is 26.7 Å². The van der Waals surface area contributed by atoms with Gasteiger partial charge in [0.1, 0.15) is 0 Å². The van der Waals surface area contributed by atoms with E-state index < -0.39 is 0 Å². The molecule has 1 radical (unpaired) electrons. The van der Waals surface area contributed by atoms with Crippen molar-refractivity contribution in [1.82, 2.24) is 0 Å². The number of hydrogen-bond acceptors (Lipinski definition) is 0. The minimum Gasteiger partial charge on any atom is -0.326 e. The second-order valence-electron chi connectivity index (χ2n) is 3.29. The van der Waals surface area contributed by atoms with E-state index in [1.54, 1.807) is 0 Å². The topological polar surface area (TPSA) is 0 Å². The van der Waals surface area contributed by atoms with Gasteiger partial charge < -0.3 is 4.48 Å². The summed E-state index contributed by atoms with van der Waals surface area (Å²) in [4.78, 5) is 0. The summed E-state index contributed by atoms with van der Waals surface area (Å²) >= 11 is 0. The fourth-order valence-corrected chi connectivity index (χ4v) is 1.42. The third-order valence-electron chi connectivity index (χ3n) is 2.07. The summed E-state index contributed by atoms with van der Waals surface area (Å²) in [5.41, 5.74) is 0. The molecule has 0 aliphatic carbocycles. The Labute approximate surface area is 65.6 Å². The van der Waals surface area contributed by atoms with Crippen LogP contribution in [0.3, 0.4) is 0 Å². The summed E-state index contributed by atoms with van der Waals surface area (Å²) in [7, 11) is 2.29. The maximum Gasteiger partial charge on any atom is 0.0786 e. The lowest BCUT2D eigenvalue weighted by atomic mass is 10.3. The van der Waals surface area contributed by atoms with E-state index in [-0.39, 0.29) is 0 Å². The molecule has 0 atom stereocenters. The molecule has 0 aromatic heterocycles. The molecule has 0 amide bonds. The summed E-state index contributed by atoms with van der Waals surface area (Å²) in [6.07, 6.45) is 2.54. The molecule has 1 nitrogen and oxygen atoms in total. The van der Waals surface area contributed by atoms with Crippen molar-refractivity contribution in [3.05, 3.63) is 6.92 Å². The SMILES string of the molecule is [CH2]C[N+](C)(CCC)CCC. The predicted octanol–water partition coefficient (Wildman–Crippen LogP) is 2.09. The number of rotatable bonds is 5. The molecule has 0 saturated carbocycles. The van der Waals surface area contributed by atoms with Crippen molar-refractivity contribution >= 4 is 0 Å². The van der Waals surface area contributed by atoms with E-state index in [1.807, 2.05) is 0 Å². The number of hydrogen-bond donors (Lipinski definition) is 0. The molecule has 61 valence electrons. The van der Waals surface area contributed by atoms with Crippen LogP contribution in [0.2, 0.25) is 0 Å². The Morgan fingerprint density at radius 1 is 1.10 bits per heavy atom. The summed E-state index contributed by atoms with van der Waals surface area (Å²) in [5, 5.41) is 0. The zero-order chi connectivity index (χ0) is 8.04. The zero-order valence-electron chi connectivity index (χ0n) is 7.69. The van der Waals surface area contributed by atoms with Crippen molar-refractivity contribution in [2.75, 3.05) is 26.7 Å². The molecule has 0 fully saturated rings. The molecule has 0 aromatic rings. The van der Waals surface area contributed by atoms with Gasteiger partial charge in [-0.25, -0.2) is 0 Å². The summed E-state index contributed by atoms with van der Waals surface area (Å²) in [5.74, 6) is 0. The number of quaternary nitrogens is 1. The Balaban J connectivity index is 3.69. The molecule has 10 heavy (non-hydrogen) atoms. The molecule has 0 aliphatic heterocycles. The fourth-order valence-electron chi connectivity index (χ4n) is 1.42. The van der Waals surface area contributed by atoms with E-state index in [2.05, 4.69) is 27.8 Å². The number of nitrogens with zero attached hydrogens (tertiary/aromatic N) is 1. The molecule has 0 aliphatic rings. The zero-order valence-corrected chi connectivity index (χ0v) is 7.69. The highest BCUT2D eigenvalue weighted by Crippen LogP contribution is 2.03. The Morgan fingerprint density at radius 3 is 1.70 bits per heavy atom. The van der Waals surface area contributed by atoms with Gasteiger partial charge in [-0.3, -0.25) is 0 Å². The third kappa shape index (κ3) is 3.21. The van der Waals surface area contributed by atoms with E-state index in [1.165, 1.54) is 25.9 Å². The first-order valence-electron chi connectivity index (χ1n) is 4.31. The summed E-state index contributed by atoms with van der Waals surface area (Å²) in [6, 6.07) is 0. The molecule has 0 bridgehead atoms. The van der Waals surface area contributed by atoms with Gasteiger partial charge in [-0.15, -0.1) is 0 Å². The molecule has 0 rings (SSSR count). The van der Waals surface area contributed by atoms with Crippen molar-refractivity contribution in [2.24, 2.45) is 0 Å². The average Bonchev–Trinajstić information content (AvgIpc) is 1.89. The highest BCUT2D eigenvalue weighted by Gasteiger charge is 2.15. The Bertz CT molecular complexity index is 72.8. The van der Waals surface area contributed by atoms with Gasteiger partial charge in [-0.05, 0) is 12.8 Å². The van der Waals surface area contributed by atoms with Crippen LogP contribution in [0.25, 0.3) is 0 Å². The highest BCUT2D eigenvalue weighted by molar-refractivity contribution is 4.40. The monoisotopic (exact) mass is 143 g/mol. The standard InChI is InChI=1S/C9H21N/c1-5-8-10(4,7-3)9-6-2/h3,5-9H2,1-2,4H3/q+1. The molecule has 0 N–H and O–H groups in total. The molecular weight excluding hydrogens is 122 g/mol. The average molecular weight is 143 g/mol. The van der Waals surface area contributed by atoms with Gasteiger partial charge in [0.05, 0.1) is 26.7 Å². The van der Waals surface area contributed by atoms with Crippen molar-refractivity contribution in [1.29, 1.82) is 0 Å². The van der Waals surface area contributed by atoms with Gasteiger partial charge in [-0.1, -0.05) is 13.8 Å². The van der Waals surface area contributed by atoms with Crippen LogP contribution in [0, 0.1) is 6.92 Å². The minimum atomic E-state index is 1.03. The molecule has 0 spiro atoms. The fraction of sp³-hybridized carbons (Fsp3) is 0.889. The maximum absolute atomic E-state index is 3.97. The molecular formula is C9H21N+. The lowest BCUT2D eigenvalue weighted by molar-refractivity contribution is -0.904. The molecule has 0 saturated heterocycles. The minimum absolute atomic E-state index is 1.03. The Morgan fingerprint density at radius 2 is 1.50 bits per heavy atom. The van der Waals surface area contributed by atoms with Gasteiger partial charge in [0.15, 0.2) is 0 Å². The first-order chi connectivity index (χ1) is 4.68. The van der Waals surface area contributed by atoms with Gasteiger partial charge in [0.2, 0.25) is 0 Å². The lowest BCUT2D eigenvalue weighted by Crippen LogP contribution is -2.44. The first-order valence-corrected chi connectivity index (χ1v) is 4.31. The van der Waals surface area contributed by atoms with Crippen LogP contribution in [-0.4, -0.2) is 31.2 Å². The van der Waals surface area contributed by atoms with Crippen LogP contribution >= 0.6 is 0 Å². The van der Waals surface area contributed by atoms with Crippen LogP contribution in [0.1, 0.15) is 26.7 Å². The first kappa shape index (κ1) is 9.96. The summed E-state index contributed by atoms with van der Waals surface area (Å²) < 4.78 is 1.15. The van der Waals surface area contributed by atoms with Gasteiger partial charge in [0.25, 0.3) is 0 Å². The molecule has 1 heteroatoms. The van der Waals surface area contributed by atoms with E-state index in [0.29, 0.717) is 0 Å². The second-order valence-corrected chi connectivity index (χ2v) is 3.29. The Hall–Kier alpha value is -0.0400. The van der Waals surface area contributed by atoms with Crippen LogP contribution in [-0.2, 0) is 0 Å². The van der Waals surface area contributed by atoms with Crippen LogP contribution < -0.4 is 0 Å². The van der Waals surface area contributed by atoms with E-state index in [4.69, 9.17) is 0 Å². The van der Waals surface area contributed by atoms with Crippen molar-refractivity contribution in [3.63, 3.8) is 0 Å². The van der Waals surface area contributed by atoms with Crippen LogP contribution in [0.5, 0.6) is 0 Å². The molecule has 0 heterocycles. The maximum atomic E-state index is 3.97. The highest BCUT2D eigenvalue weighted by atomic mass is 15.3. The van der Waals surface area contributed by atoms with Gasteiger partial charge in [-0.2, -0.15) is 0 Å². The van der Waals surface area contributed by atoms with Crippen molar-refractivity contribution in [3.8, 4) is 0 Å². The van der Waals surface area contributed by atoms with Crippen molar-refractivity contribution < 1.29 is 4.48 Å². The smallest absolute Gasteiger partial charge is 0.0786 e. The van der Waals surface area contributed by atoms with E-state index >= 15 is 0 Å². The van der Waals surface area contributed by atoms with Gasteiger partial charge in [0, 0.05) is 6.92 Å². The van der Waals surface area contributed by atoms with E-state index in [9.17, 15) is 0 Å². The largest absolute Gasteiger partial charge is 0.326 e. The summed E-state index contributed by atoms with van der Waals surface area (Å²) in [6.45, 7) is 12.0. The second kappa shape index (κ2) is 4.73. The predicted molar refractivity (Wildman–Crippen MR) is 46.7 cm³/mol. The molecule has 0 aromatic carbocycles. The van der Waals surface area contributed by atoms with Crippen LogP contribution in [0.4, 0.5) is 0 Å². The van der Waals surface area contributed by atoms with Crippen LogP contribution in [0.15, 0.2) is 0 Å². The van der Waals surface area contributed by atoms with E-state index in [0.717, 1.165) is 11.0 Å². The third-order valence-corrected chi connectivity index (χ3v) is 2.07. The van der Waals surface area contributed by atoms with Gasteiger partial charge >= 0.3 is 0 Å².